The van der Waals surface area contributed by atoms with Crippen LogP contribution in [0.5, 0.6) is 0 Å². The van der Waals surface area contributed by atoms with Crippen molar-refractivity contribution in [3.8, 4) is 0 Å². The van der Waals surface area contributed by atoms with Gasteiger partial charge in [0.05, 0.1) is 5.56 Å². The van der Waals surface area contributed by atoms with Gasteiger partial charge in [0.1, 0.15) is 0 Å². The SMILES string of the molecule is CC.CC.CC.CC.C[C](=[W])c1ccc(/C=N/O)cc1.C[C](=[W])c1ccc(C)cc1.C[C](=[W])c1ccc(C=O)cc1.Cc1ccc(C(=O)O)cc1.NO.[C-]#[O+]. The van der Waals surface area contributed by atoms with Crippen molar-refractivity contribution in [1.29, 1.82) is 0 Å². The van der Waals surface area contributed by atoms with Crippen molar-refractivity contribution in [2.45, 2.75) is 90.0 Å². The topological polar surface area (TPSA) is 153 Å². The van der Waals surface area contributed by atoms with Crippen LogP contribution >= 0.6 is 0 Å². The number of aromatic carboxylic acids is 1. The minimum atomic E-state index is -0.875. The molecule has 0 aliphatic rings. The number of carboxylic acids is 1. The first kappa shape index (κ1) is 63.8. The monoisotopic (exact) mass is 1270 g/mol. The number of hydrogen-bond donors (Lipinski definition) is 4. The predicted molar refractivity (Wildman–Crippen MR) is 222 cm³/mol. The molecule has 0 unspecified atom stereocenters. The van der Waals surface area contributed by atoms with Crippen molar-refractivity contribution in [3.63, 3.8) is 0 Å². The van der Waals surface area contributed by atoms with Gasteiger partial charge in [0, 0.05) is 0 Å². The molecule has 0 radical (unpaired) electrons. The summed E-state index contributed by atoms with van der Waals surface area (Å²) in [6, 6.07) is 31.0. The number of aldehydes is 1. The van der Waals surface area contributed by atoms with E-state index >= 15 is 0 Å². The number of carbonyl (C=O) groups excluding carboxylic acids is 1. The quantitative estimate of drug-likeness (QED) is 0.0377. The summed E-state index contributed by atoms with van der Waals surface area (Å²) in [5.41, 5.74) is 8.25. The van der Waals surface area contributed by atoms with Gasteiger partial charge < -0.3 is 10.3 Å². The van der Waals surface area contributed by atoms with E-state index in [1.807, 2.05) is 111 Å². The summed E-state index contributed by atoms with van der Waals surface area (Å²) in [4.78, 5) is 20.6. The Balaban J connectivity index is -0.000000133. The summed E-state index contributed by atoms with van der Waals surface area (Å²) >= 11 is 4.51. The van der Waals surface area contributed by atoms with Gasteiger partial charge in [0.2, 0.25) is 0 Å². The summed E-state index contributed by atoms with van der Waals surface area (Å²) in [7, 11) is 0. The van der Waals surface area contributed by atoms with E-state index in [9.17, 15) is 9.59 Å². The first-order valence-corrected chi connectivity index (χ1v) is 22.0. The molecule has 0 bridgehead atoms. The molecule has 0 fully saturated rings. The van der Waals surface area contributed by atoms with Crippen molar-refractivity contribution in [1.82, 2.24) is 0 Å². The number of nitrogens with two attached hydrogens (primary N) is 1. The molecule has 4 rings (SSSR count). The van der Waals surface area contributed by atoms with Gasteiger partial charge in [-0.1, -0.05) is 73.1 Å². The molecule has 0 aliphatic heterocycles. The zero-order valence-corrected chi connectivity index (χ0v) is 43.5. The van der Waals surface area contributed by atoms with Crippen molar-refractivity contribution >= 4 is 30.2 Å². The Morgan fingerprint density at radius 3 is 1.02 bits per heavy atom. The van der Waals surface area contributed by atoms with Crippen LogP contribution in [-0.2, 0) is 62.7 Å². The van der Waals surface area contributed by atoms with Crippen LogP contribution in [0, 0.1) is 20.5 Å². The third-order valence-corrected chi connectivity index (χ3v) is 8.27. The number of carboxylic acid groups (broad SMARTS) is 1. The molecule has 4 aromatic carbocycles. The fourth-order valence-corrected chi connectivity index (χ4v) is 4.62. The molecular weight excluding hydrogens is 1200 g/mol. The van der Waals surface area contributed by atoms with E-state index in [2.05, 4.69) is 69.7 Å². The summed E-state index contributed by atoms with van der Waals surface area (Å²) in [5, 5.41) is 26.2. The molecule has 0 heterocycles. The number of hydrogen-bond acceptors (Lipinski definition) is 6. The third kappa shape index (κ3) is 36.2. The minimum absolute atomic E-state index is 0.339. The summed E-state index contributed by atoms with van der Waals surface area (Å²) in [6.07, 6.45) is 2.28. The van der Waals surface area contributed by atoms with Crippen molar-refractivity contribution < 1.29 is 87.8 Å². The Hall–Kier alpha value is -3.18. The van der Waals surface area contributed by atoms with Crippen molar-refractivity contribution in [2.24, 2.45) is 11.1 Å². The molecular formula is C44H62N2O6W3. The van der Waals surface area contributed by atoms with Gasteiger partial charge >= 0.3 is 249 Å². The first-order chi connectivity index (χ1) is 26.4. The number of aryl methyl sites for hydroxylation is 2. The van der Waals surface area contributed by atoms with E-state index in [4.69, 9.17) is 20.2 Å². The summed E-state index contributed by atoms with van der Waals surface area (Å²) < 4.78 is 11.7. The zero-order valence-electron chi connectivity index (χ0n) is 34.7. The number of benzene rings is 4. The van der Waals surface area contributed by atoms with Gasteiger partial charge in [-0.25, -0.2) is 10.7 Å². The standard InChI is InChI=1S/C9H9NO.C9H8O.C9H10.C8H8O2.4C2H6.CO.H3NO.3W/c1-2-8-3-5-9(6-4-8)7-10-11;1-2-8-3-5-9(7-10)6-4-8;1-3-9-6-4-8(2)5-7-9;1-6-2-4-7(5-3-6)8(9)10;6*1-2;;;/h3-7,11H,1H3;3-7H,1H3;4-7H,1-2H3;2-5H,1H3,(H,9,10);4*1-2H3;;2H,1H2;;;/b10-7+;;;;;;;;;;;;. The molecule has 55 heavy (non-hydrogen) atoms. The van der Waals surface area contributed by atoms with Crippen molar-refractivity contribution in [2.75, 3.05) is 0 Å². The molecule has 8 nitrogen and oxygen atoms in total. The van der Waals surface area contributed by atoms with Gasteiger partial charge in [-0.2, -0.15) is 0 Å². The van der Waals surface area contributed by atoms with Gasteiger partial charge in [0.25, 0.3) is 0 Å². The molecule has 11 heteroatoms. The van der Waals surface area contributed by atoms with Crippen LogP contribution in [0.2, 0.25) is 0 Å². The van der Waals surface area contributed by atoms with Crippen LogP contribution in [0.3, 0.4) is 0 Å². The summed E-state index contributed by atoms with van der Waals surface area (Å²) in [6.45, 7) is 30.9. The molecule has 0 saturated carbocycles. The summed E-state index contributed by atoms with van der Waals surface area (Å²) in [5.74, 6) is 2.62. The molecule has 0 aliphatic carbocycles. The van der Waals surface area contributed by atoms with Gasteiger partial charge in [-0.15, -0.1) is 0 Å². The van der Waals surface area contributed by atoms with Crippen LogP contribution < -0.4 is 5.90 Å². The van der Waals surface area contributed by atoms with Crippen molar-refractivity contribution in [3.05, 3.63) is 148 Å². The molecule has 0 spiro atoms. The van der Waals surface area contributed by atoms with Crippen LogP contribution in [0.15, 0.2) is 102 Å². The normalized spacial score (nSPS) is 8.09. The maximum absolute atomic E-state index is 10.3. The van der Waals surface area contributed by atoms with Crippen LogP contribution in [0.1, 0.15) is 130 Å². The van der Waals surface area contributed by atoms with E-state index < -0.39 is 5.97 Å². The molecule has 0 saturated heterocycles. The fraction of sp³-hybridized carbons (Fsp3) is 0.295. The van der Waals surface area contributed by atoms with Gasteiger partial charge in [0.15, 0.2) is 0 Å². The zero-order chi connectivity index (χ0) is 44.4. The number of oxime groups is 1. The maximum atomic E-state index is 10.3. The Bertz CT molecular complexity index is 1530. The van der Waals surface area contributed by atoms with Gasteiger partial charge in [-0.05, 0) is 19.1 Å². The number of rotatable bonds is 6. The second kappa shape index (κ2) is 47.0. The Kier molecular flexibility index (Phi) is 54.5. The molecule has 5 N–H and O–H groups in total. The van der Waals surface area contributed by atoms with E-state index in [0.29, 0.717) is 5.56 Å². The molecule has 302 valence electrons. The first-order valence-electron chi connectivity index (χ1n) is 17.6. The Morgan fingerprint density at radius 2 is 0.800 bits per heavy atom. The Morgan fingerprint density at radius 1 is 0.564 bits per heavy atom. The van der Waals surface area contributed by atoms with E-state index in [0.717, 1.165) is 23.0 Å². The van der Waals surface area contributed by atoms with Crippen LogP contribution in [-0.4, -0.2) is 45.7 Å². The second-order valence-electron chi connectivity index (χ2n) is 9.31. The molecule has 4 aromatic rings. The number of carbonyl (C=O) groups is 2. The van der Waals surface area contributed by atoms with E-state index in [-0.39, 0.29) is 0 Å². The molecule has 0 amide bonds. The van der Waals surface area contributed by atoms with Gasteiger partial charge in [-0.3, -0.25) is 0 Å². The predicted octanol–water partition coefficient (Wildman–Crippen LogP) is 10.3. The average molecular weight is 1270 g/mol. The van der Waals surface area contributed by atoms with Crippen LogP contribution in [0.4, 0.5) is 0 Å². The average Bonchev–Trinajstić information content (AvgIpc) is 3.24. The molecule has 0 atom stereocenters. The fourth-order valence-electron chi connectivity index (χ4n) is 3.15. The number of nitrogens with zero attached hydrogens (tertiary/aromatic N) is 1. The molecule has 0 aromatic heterocycles. The third-order valence-electron chi connectivity index (χ3n) is 5.73. The Labute approximate surface area is 364 Å². The second-order valence-corrected chi connectivity index (χ2v) is 15.9. The van der Waals surface area contributed by atoms with Crippen LogP contribution in [0.25, 0.3) is 0 Å². The van der Waals surface area contributed by atoms with E-state index in [1.54, 1.807) is 43.6 Å². The van der Waals surface area contributed by atoms with E-state index in [1.165, 1.54) is 78.9 Å².